The van der Waals surface area contributed by atoms with Crippen molar-refractivity contribution >= 4 is 0 Å². The molecule has 1 heteroatoms. The molecule has 1 aliphatic rings. The van der Waals surface area contributed by atoms with E-state index >= 15 is 0 Å². The molecule has 1 fully saturated rings. The molecule has 0 saturated heterocycles. The summed E-state index contributed by atoms with van der Waals surface area (Å²) >= 11 is 0. The lowest BCUT2D eigenvalue weighted by molar-refractivity contribution is 0.170. The van der Waals surface area contributed by atoms with Crippen LogP contribution in [0.15, 0.2) is 0 Å². The Morgan fingerprint density at radius 3 is 2.80 bits per heavy atom. The summed E-state index contributed by atoms with van der Waals surface area (Å²) in [6, 6.07) is 0. The van der Waals surface area contributed by atoms with Crippen molar-refractivity contribution in [3.05, 3.63) is 0 Å². The van der Waals surface area contributed by atoms with Gasteiger partial charge in [0.2, 0.25) is 0 Å². The lowest BCUT2D eigenvalue weighted by Crippen LogP contribution is -1.89. The number of methoxy groups -OCH3 is 1. The molecule has 0 aromatic heterocycles. The van der Waals surface area contributed by atoms with Crippen LogP contribution in [0.5, 0.6) is 0 Å². The third-order valence-electron chi connectivity index (χ3n) is 1.83. The highest BCUT2D eigenvalue weighted by molar-refractivity contribution is 5.04. The average molecular weight is 138 g/mol. The van der Waals surface area contributed by atoms with Gasteiger partial charge in [-0.05, 0) is 12.3 Å². The van der Waals surface area contributed by atoms with Crippen molar-refractivity contribution in [3.8, 4) is 11.8 Å². The minimum atomic E-state index is 0.520. The van der Waals surface area contributed by atoms with Gasteiger partial charge >= 0.3 is 0 Å². The lowest BCUT2D eigenvalue weighted by Gasteiger charge is -1.89. The van der Waals surface area contributed by atoms with E-state index in [0.717, 1.165) is 18.8 Å². The highest BCUT2D eigenvalue weighted by atomic mass is 16.5. The van der Waals surface area contributed by atoms with Gasteiger partial charge in [-0.1, -0.05) is 6.92 Å². The van der Waals surface area contributed by atoms with E-state index in [1.165, 1.54) is 6.42 Å². The highest BCUT2D eigenvalue weighted by Crippen LogP contribution is 2.35. The lowest BCUT2D eigenvalue weighted by atomic mass is 10.3. The molecule has 1 aliphatic carbocycles. The first kappa shape index (κ1) is 7.63. The number of rotatable bonds is 2. The van der Waals surface area contributed by atoms with Crippen molar-refractivity contribution in [1.82, 2.24) is 0 Å². The maximum absolute atomic E-state index is 5.14. The van der Waals surface area contributed by atoms with Crippen LogP contribution in [0.3, 0.4) is 0 Å². The SMILES string of the molecule is CCC#CC[C@@H]1C[C@H]1OC. The summed E-state index contributed by atoms with van der Waals surface area (Å²) in [5, 5.41) is 0. The molecule has 10 heavy (non-hydrogen) atoms. The molecule has 0 amide bonds. The largest absolute Gasteiger partial charge is 0.381 e. The predicted molar refractivity (Wildman–Crippen MR) is 41.6 cm³/mol. The second-order valence-corrected chi connectivity index (χ2v) is 2.68. The van der Waals surface area contributed by atoms with Gasteiger partial charge in [0.15, 0.2) is 0 Å². The van der Waals surface area contributed by atoms with E-state index in [4.69, 9.17) is 4.74 Å². The predicted octanol–water partition coefficient (Wildman–Crippen LogP) is 1.82. The summed E-state index contributed by atoms with van der Waals surface area (Å²) in [5.41, 5.74) is 0. The molecule has 56 valence electrons. The molecular weight excluding hydrogens is 124 g/mol. The van der Waals surface area contributed by atoms with E-state index in [2.05, 4.69) is 18.8 Å². The Hall–Kier alpha value is -0.480. The van der Waals surface area contributed by atoms with Gasteiger partial charge in [0.05, 0.1) is 6.10 Å². The second-order valence-electron chi connectivity index (χ2n) is 2.68. The molecule has 2 atom stereocenters. The van der Waals surface area contributed by atoms with Crippen molar-refractivity contribution in [2.24, 2.45) is 5.92 Å². The van der Waals surface area contributed by atoms with Crippen LogP contribution in [-0.2, 0) is 4.74 Å². The molecular formula is C9H14O. The number of ether oxygens (including phenoxy) is 1. The molecule has 0 N–H and O–H groups in total. The van der Waals surface area contributed by atoms with Crippen LogP contribution in [0.1, 0.15) is 26.2 Å². The minimum Gasteiger partial charge on any atom is -0.381 e. The first-order valence-corrected chi connectivity index (χ1v) is 3.87. The Kier molecular flexibility index (Phi) is 2.77. The van der Waals surface area contributed by atoms with Gasteiger partial charge in [0.25, 0.3) is 0 Å². The van der Waals surface area contributed by atoms with Crippen LogP contribution in [0.2, 0.25) is 0 Å². The molecule has 0 unspecified atom stereocenters. The second kappa shape index (κ2) is 3.63. The van der Waals surface area contributed by atoms with Gasteiger partial charge in [-0.25, -0.2) is 0 Å². The Balaban J connectivity index is 2.06. The molecule has 0 heterocycles. The molecule has 0 aromatic carbocycles. The van der Waals surface area contributed by atoms with Gasteiger partial charge in [-0.2, -0.15) is 0 Å². The summed E-state index contributed by atoms with van der Waals surface area (Å²) in [5.74, 6) is 6.93. The highest BCUT2D eigenvalue weighted by Gasteiger charge is 2.36. The topological polar surface area (TPSA) is 9.23 Å². The van der Waals surface area contributed by atoms with Gasteiger partial charge in [-0.3, -0.25) is 0 Å². The maximum atomic E-state index is 5.14. The van der Waals surface area contributed by atoms with Crippen molar-refractivity contribution in [2.75, 3.05) is 7.11 Å². The summed E-state index contributed by atoms with van der Waals surface area (Å²) in [7, 11) is 1.78. The van der Waals surface area contributed by atoms with Gasteiger partial charge < -0.3 is 4.74 Å². The third kappa shape index (κ3) is 2.04. The molecule has 0 bridgehead atoms. The van der Waals surface area contributed by atoms with Crippen molar-refractivity contribution < 1.29 is 4.74 Å². The Morgan fingerprint density at radius 1 is 1.50 bits per heavy atom. The fourth-order valence-electron chi connectivity index (χ4n) is 1.05. The van der Waals surface area contributed by atoms with Crippen LogP contribution in [0, 0.1) is 17.8 Å². The van der Waals surface area contributed by atoms with Gasteiger partial charge in [0, 0.05) is 20.0 Å². The first-order chi connectivity index (χ1) is 4.88. The standard InChI is InChI=1S/C9H14O/c1-3-4-5-6-8-7-9(8)10-2/h8-9H,3,6-7H2,1-2H3/t8-,9-/m1/s1. The van der Waals surface area contributed by atoms with Crippen LogP contribution >= 0.6 is 0 Å². The van der Waals surface area contributed by atoms with Crippen LogP contribution in [-0.4, -0.2) is 13.2 Å². The molecule has 1 rings (SSSR count). The van der Waals surface area contributed by atoms with E-state index in [9.17, 15) is 0 Å². The summed E-state index contributed by atoms with van der Waals surface area (Å²) in [6.07, 6.45) is 3.75. The Labute approximate surface area is 62.8 Å². The van der Waals surface area contributed by atoms with E-state index in [-0.39, 0.29) is 0 Å². The molecule has 0 aromatic rings. The maximum Gasteiger partial charge on any atom is 0.0613 e. The van der Waals surface area contributed by atoms with E-state index in [1.807, 2.05) is 0 Å². The van der Waals surface area contributed by atoms with Crippen molar-refractivity contribution in [3.63, 3.8) is 0 Å². The van der Waals surface area contributed by atoms with Crippen molar-refractivity contribution in [2.45, 2.75) is 32.3 Å². The van der Waals surface area contributed by atoms with E-state index < -0.39 is 0 Å². The molecule has 1 nitrogen and oxygen atoms in total. The Morgan fingerprint density at radius 2 is 2.30 bits per heavy atom. The fraction of sp³-hybridized carbons (Fsp3) is 0.778. The van der Waals surface area contributed by atoms with Gasteiger partial charge in [-0.15, -0.1) is 11.8 Å². The zero-order valence-corrected chi connectivity index (χ0v) is 6.68. The zero-order valence-electron chi connectivity index (χ0n) is 6.68. The third-order valence-corrected chi connectivity index (χ3v) is 1.83. The monoisotopic (exact) mass is 138 g/mol. The molecule has 1 saturated carbocycles. The molecule has 0 spiro atoms. The van der Waals surface area contributed by atoms with E-state index in [0.29, 0.717) is 6.10 Å². The molecule has 0 aliphatic heterocycles. The van der Waals surface area contributed by atoms with Crippen LogP contribution in [0.25, 0.3) is 0 Å². The first-order valence-electron chi connectivity index (χ1n) is 3.87. The summed E-state index contributed by atoms with van der Waals surface area (Å²) in [6.45, 7) is 2.08. The number of hydrogen-bond acceptors (Lipinski definition) is 1. The quantitative estimate of drug-likeness (QED) is 0.529. The fourth-order valence-corrected chi connectivity index (χ4v) is 1.05. The minimum absolute atomic E-state index is 0.520. The Bertz CT molecular complexity index is 152. The normalized spacial score (nSPS) is 29.0. The summed E-state index contributed by atoms with van der Waals surface area (Å²) < 4.78 is 5.14. The average Bonchev–Trinajstić information content (AvgIpc) is 2.68. The van der Waals surface area contributed by atoms with Crippen LogP contribution in [0.4, 0.5) is 0 Å². The van der Waals surface area contributed by atoms with Crippen LogP contribution < -0.4 is 0 Å². The van der Waals surface area contributed by atoms with E-state index in [1.54, 1.807) is 7.11 Å². The van der Waals surface area contributed by atoms with Crippen molar-refractivity contribution in [1.29, 1.82) is 0 Å². The zero-order chi connectivity index (χ0) is 7.40. The molecule has 0 radical (unpaired) electrons. The number of hydrogen-bond donors (Lipinski definition) is 0. The summed E-state index contributed by atoms with van der Waals surface area (Å²) in [4.78, 5) is 0. The smallest absolute Gasteiger partial charge is 0.0613 e. The van der Waals surface area contributed by atoms with Gasteiger partial charge in [0.1, 0.15) is 0 Å².